The van der Waals surface area contributed by atoms with Crippen molar-refractivity contribution in [1.82, 2.24) is 0 Å². The van der Waals surface area contributed by atoms with Gasteiger partial charge in [-0.2, -0.15) is 0 Å². The summed E-state index contributed by atoms with van der Waals surface area (Å²) in [5.41, 5.74) is 2.41. The Bertz CT molecular complexity index is 439. The van der Waals surface area contributed by atoms with E-state index in [1.54, 1.807) is 0 Å². The Kier molecular flexibility index (Phi) is 5.90. The molecule has 21 heavy (non-hydrogen) atoms. The average molecular weight is 290 g/mol. The zero-order valence-electron chi connectivity index (χ0n) is 12.9. The number of hydrogen-bond acceptors (Lipinski definition) is 3. The topological polar surface area (TPSA) is 43.8 Å². The molecule has 0 spiro atoms. The molecular weight excluding hydrogens is 264 g/mol. The maximum atomic E-state index is 10.8. The van der Waals surface area contributed by atoms with E-state index in [2.05, 4.69) is 41.0 Å². The van der Waals surface area contributed by atoms with Crippen LogP contribution in [0.2, 0.25) is 0 Å². The molecule has 0 aliphatic carbocycles. The van der Waals surface area contributed by atoms with Gasteiger partial charge in [0.15, 0.2) is 0 Å². The van der Waals surface area contributed by atoms with Crippen LogP contribution in [0.15, 0.2) is 24.3 Å². The fourth-order valence-electron chi connectivity index (χ4n) is 2.80. The van der Waals surface area contributed by atoms with Gasteiger partial charge in [0.2, 0.25) is 0 Å². The van der Waals surface area contributed by atoms with Crippen LogP contribution < -0.4 is 9.80 Å². The smallest absolute Gasteiger partial charge is 0.305 e. The highest BCUT2D eigenvalue weighted by Crippen LogP contribution is 2.24. The average Bonchev–Trinajstić information content (AvgIpc) is 3.02. The third kappa shape index (κ3) is 4.66. The van der Waals surface area contributed by atoms with Gasteiger partial charge in [-0.1, -0.05) is 13.3 Å². The van der Waals surface area contributed by atoms with Crippen LogP contribution in [0.4, 0.5) is 11.4 Å². The van der Waals surface area contributed by atoms with E-state index in [0.717, 1.165) is 38.2 Å². The first-order valence-electron chi connectivity index (χ1n) is 8.02. The van der Waals surface area contributed by atoms with E-state index in [1.165, 1.54) is 18.5 Å². The molecule has 0 aromatic heterocycles. The van der Waals surface area contributed by atoms with Crippen LogP contribution in [0.5, 0.6) is 0 Å². The quantitative estimate of drug-likeness (QED) is 0.797. The molecule has 0 atom stereocenters. The minimum absolute atomic E-state index is 0.192. The number of benzene rings is 1. The first-order chi connectivity index (χ1) is 10.2. The maximum absolute atomic E-state index is 10.8. The van der Waals surface area contributed by atoms with Crippen LogP contribution in [0, 0.1) is 0 Å². The van der Waals surface area contributed by atoms with Crippen molar-refractivity contribution >= 4 is 17.3 Å². The lowest BCUT2D eigenvalue weighted by Crippen LogP contribution is -2.27. The van der Waals surface area contributed by atoms with Crippen LogP contribution in [0.3, 0.4) is 0 Å². The monoisotopic (exact) mass is 290 g/mol. The molecule has 1 aromatic carbocycles. The summed E-state index contributed by atoms with van der Waals surface area (Å²) in [6.07, 6.45) is 4.96. The number of rotatable bonds is 8. The van der Waals surface area contributed by atoms with Gasteiger partial charge >= 0.3 is 5.97 Å². The number of carboxylic acid groups (broad SMARTS) is 1. The molecule has 0 saturated carbocycles. The van der Waals surface area contributed by atoms with Gasteiger partial charge in [-0.3, -0.25) is 4.79 Å². The molecule has 0 amide bonds. The molecular formula is C17H26N2O2. The van der Waals surface area contributed by atoms with E-state index in [-0.39, 0.29) is 6.42 Å². The molecule has 0 bridgehead atoms. The predicted octanol–water partition coefficient (Wildman–Crippen LogP) is 3.37. The molecule has 0 radical (unpaired) electrons. The lowest BCUT2D eigenvalue weighted by molar-refractivity contribution is -0.136. The van der Waals surface area contributed by atoms with Gasteiger partial charge in [0.05, 0.1) is 6.42 Å². The molecule has 116 valence electrons. The van der Waals surface area contributed by atoms with E-state index in [1.807, 2.05) is 0 Å². The van der Waals surface area contributed by atoms with Crippen LogP contribution in [0.25, 0.3) is 0 Å². The zero-order valence-corrected chi connectivity index (χ0v) is 12.9. The summed E-state index contributed by atoms with van der Waals surface area (Å²) in [5, 5.41) is 8.89. The molecule has 1 N–H and O–H groups in total. The summed E-state index contributed by atoms with van der Waals surface area (Å²) >= 11 is 0. The number of anilines is 2. The largest absolute Gasteiger partial charge is 0.481 e. The van der Waals surface area contributed by atoms with Crippen molar-refractivity contribution < 1.29 is 9.90 Å². The summed E-state index contributed by atoms with van der Waals surface area (Å²) in [6, 6.07) is 8.59. The second-order valence-corrected chi connectivity index (χ2v) is 5.69. The first kappa shape index (κ1) is 15.7. The van der Waals surface area contributed by atoms with Crippen LogP contribution in [-0.4, -0.2) is 37.3 Å². The SMILES string of the molecule is CCCCN(CCC(=O)O)c1ccc(N2CCCC2)cc1. The van der Waals surface area contributed by atoms with E-state index in [0.29, 0.717) is 6.54 Å². The summed E-state index contributed by atoms with van der Waals surface area (Å²) < 4.78 is 0. The number of carbonyl (C=O) groups is 1. The number of aliphatic carboxylic acids is 1. The van der Waals surface area contributed by atoms with Crippen molar-refractivity contribution in [1.29, 1.82) is 0 Å². The van der Waals surface area contributed by atoms with Crippen molar-refractivity contribution in [3.63, 3.8) is 0 Å². The van der Waals surface area contributed by atoms with Gasteiger partial charge in [0.1, 0.15) is 0 Å². The Morgan fingerprint density at radius 1 is 1.19 bits per heavy atom. The lowest BCUT2D eigenvalue weighted by atomic mass is 10.2. The molecule has 4 nitrogen and oxygen atoms in total. The van der Waals surface area contributed by atoms with Crippen molar-refractivity contribution in [3.8, 4) is 0 Å². The second kappa shape index (κ2) is 7.91. The van der Waals surface area contributed by atoms with Crippen LogP contribution in [-0.2, 0) is 4.79 Å². The van der Waals surface area contributed by atoms with Crippen molar-refractivity contribution in [2.75, 3.05) is 36.0 Å². The fourth-order valence-corrected chi connectivity index (χ4v) is 2.80. The summed E-state index contributed by atoms with van der Waals surface area (Å²) in [7, 11) is 0. The van der Waals surface area contributed by atoms with Gasteiger partial charge in [-0.05, 0) is 43.5 Å². The van der Waals surface area contributed by atoms with Crippen molar-refractivity contribution in [3.05, 3.63) is 24.3 Å². The molecule has 1 aliphatic heterocycles. The van der Waals surface area contributed by atoms with Crippen LogP contribution in [0.1, 0.15) is 39.0 Å². The number of nitrogens with zero attached hydrogens (tertiary/aromatic N) is 2. The van der Waals surface area contributed by atoms with Crippen molar-refractivity contribution in [2.45, 2.75) is 39.0 Å². The van der Waals surface area contributed by atoms with E-state index >= 15 is 0 Å². The standard InChI is InChI=1S/C17H26N2O2/c1-2-3-11-19(14-10-17(20)21)16-8-6-15(7-9-16)18-12-4-5-13-18/h6-9H,2-5,10-14H2,1H3,(H,20,21). The highest BCUT2D eigenvalue weighted by molar-refractivity contribution is 5.68. The van der Waals surface area contributed by atoms with Gasteiger partial charge in [-0.25, -0.2) is 0 Å². The van der Waals surface area contributed by atoms with Gasteiger partial charge in [0, 0.05) is 37.6 Å². The predicted molar refractivity (Wildman–Crippen MR) is 87.3 cm³/mol. The third-order valence-corrected chi connectivity index (χ3v) is 4.06. The Balaban J connectivity index is 2.01. The normalized spacial score (nSPS) is 14.4. The minimum atomic E-state index is -0.731. The summed E-state index contributed by atoms with van der Waals surface area (Å²) in [6.45, 7) is 5.97. The summed E-state index contributed by atoms with van der Waals surface area (Å²) in [5.74, 6) is -0.731. The van der Waals surface area contributed by atoms with E-state index in [9.17, 15) is 4.79 Å². The Morgan fingerprint density at radius 2 is 1.86 bits per heavy atom. The summed E-state index contributed by atoms with van der Waals surface area (Å²) in [4.78, 5) is 15.4. The zero-order chi connectivity index (χ0) is 15.1. The minimum Gasteiger partial charge on any atom is -0.481 e. The molecule has 1 saturated heterocycles. The number of hydrogen-bond donors (Lipinski definition) is 1. The molecule has 0 unspecified atom stereocenters. The van der Waals surface area contributed by atoms with Gasteiger partial charge in [0.25, 0.3) is 0 Å². The molecule has 1 fully saturated rings. The highest BCUT2D eigenvalue weighted by atomic mass is 16.4. The second-order valence-electron chi connectivity index (χ2n) is 5.69. The number of unbranched alkanes of at least 4 members (excludes halogenated alkanes) is 1. The Hall–Kier alpha value is -1.71. The Labute approximate surface area is 127 Å². The highest BCUT2D eigenvalue weighted by Gasteiger charge is 2.13. The number of carboxylic acids is 1. The molecule has 2 rings (SSSR count). The molecule has 1 aromatic rings. The first-order valence-corrected chi connectivity index (χ1v) is 8.02. The molecule has 1 aliphatic rings. The van der Waals surface area contributed by atoms with Crippen molar-refractivity contribution in [2.24, 2.45) is 0 Å². The third-order valence-electron chi connectivity index (χ3n) is 4.06. The van der Waals surface area contributed by atoms with E-state index < -0.39 is 5.97 Å². The maximum Gasteiger partial charge on any atom is 0.305 e. The Morgan fingerprint density at radius 3 is 2.43 bits per heavy atom. The molecule has 4 heteroatoms. The van der Waals surface area contributed by atoms with Gasteiger partial charge < -0.3 is 14.9 Å². The van der Waals surface area contributed by atoms with E-state index in [4.69, 9.17) is 5.11 Å². The van der Waals surface area contributed by atoms with Gasteiger partial charge in [-0.15, -0.1) is 0 Å². The lowest BCUT2D eigenvalue weighted by Gasteiger charge is -2.25. The molecule has 1 heterocycles. The fraction of sp³-hybridized carbons (Fsp3) is 0.588. The van der Waals surface area contributed by atoms with Crippen LogP contribution >= 0.6 is 0 Å².